The lowest BCUT2D eigenvalue weighted by Gasteiger charge is -2.25. The van der Waals surface area contributed by atoms with Gasteiger partial charge in [0.1, 0.15) is 5.69 Å². The third-order valence-electron chi connectivity index (χ3n) is 3.32. The summed E-state index contributed by atoms with van der Waals surface area (Å²) in [5.74, 6) is 1.12. The monoisotopic (exact) mass is 313 g/mol. The summed E-state index contributed by atoms with van der Waals surface area (Å²) >= 11 is 6.07. The van der Waals surface area contributed by atoms with Gasteiger partial charge in [0.05, 0.1) is 38.8 Å². The number of morpholine rings is 1. The maximum atomic E-state index is 9.59. The van der Waals surface area contributed by atoms with Crippen molar-refractivity contribution in [1.29, 1.82) is 0 Å². The van der Waals surface area contributed by atoms with E-state index in [2.05, 4.69) is 15.0 Å². The first-order valence-corrected chi connectivity index (χ1v) is 7.07. The Balaban J connectivity index is 1.95. The first-order chi connectivity index (χ1) is 10.2. The summed E-state index contributed by atoms with van der Waals surface area (Å²) in [7, 11) is 0. The van der Waals surface area contributed by atoms with E-state index in [0.717, 1.165) is 13.1 Å². The average molecular weight is 314 g/mol. The molecule has 0 amide bonds. The molecule has 0 bridgehead atoms. The van der Waals surface area contributed by atoms with Crippen LogP contribution in [0.15, 0.2) is 6.33 Å². The maximum Gasteiger partial charge on any atom is 0.228 e. The van der Waals surface area contributed by atoms with Crippen LogP contribution < -0.4 is 4.90 Å². The van der Waals surface area contributed by atoms with Gasteiger partial charge in [0.25, 0.3) is 0 Å². The van der Waals surface area contributed by atoms with E-state index in [4.69, 9.17) is 21.4 Å². The van der Waals surface area contributed by atoms with Crippen LogP contribution in [-0.4, -0.2) is 68.7 Å². The van der Waals surface area contributed by atoms with Crippen LogP contribution >= 0.6 is 11.6 Å². The van der Waals surface area contributed by atoms with Crippen molar-refractivity contribution in [1.82, 2.24) is 19.5 Å². The molecule has 1 fully saturated rings. The van der Waals surface area contributed by atoms with Gasteiger partial charge in [0.2, 0.25) is 5.95 Å². The molecule has 0 aliphatic carbocycles. The molecule has 3 rings (SSSR count). The van der Waals surface area contributed by atoms with Crippen LogP contribution in [0.4, 0.5) is 5.95 Å². The predicted octanol–water partition coefficient (Wildman–Crippen LogP) is -0.379. The van der Waals surface area contributed by atoms with E-state index < -0.39 is 6.10 Å². The lowest BCUT2D eigenvalue weighted by atomic mass is 10.3. The second kappa shape index (κ2) is 6.10. The van der Waals surface area contributed by atoms with Crippen LogP contribution in [-0.2, 0) is 11.3 Å². The molecule has 0 aromatic carbocycles. The number of halogens is 1. The van der Waals surface area contributed by atoms with Gasteiger partial charge in [-0.15, -0.1) is 0 Å². The summed E-state index contributed by atoms with van der Waals surface area (Å²) in [5.41, 5.74) is 0.491. The van der Waals surface area contributed by atoms with Crippen molar-refractivity contribution < 1.29 is 14.9 Å². The Hall–Kier alpha value is -1.48. The molecule has 0 radical (unpaired) electrons. The zero-order valence-corrected chi connectivity index (χ0v) is 12.1. The number of aromatic nitrogens is 4. The van der Waals surface area contributed by atoms with Gasteiger partial charge in [-0.2, -0.15) is 4.98 Å². The van der Waals surface area contributed by atoms with E-state index in [1.807, 2.05) is 4.90 Å². The fourth-order valence-electron chi connectivity index (χ4n) is 2.22. The zero-order valence-electron chi connectivity index (χ0n) is 11.3. The number of aliphatic hydroxyl groups is 2. The Morgan fingerprint density at radius 2 is 2.10 bits per heavy atom. The van der Waals surface area contributed by atoms with Crippen molar-refractivity contribution in [3.05, 3.63) is 11.5 Å². The van der Waals surface area contributed by atoms with Crippen LogP contribution in [0.3, 0.4) is 0 Å². The van der Waals surface area contributed by atoms with Crippen LogP contribution in [0, 0.1) is 0 Å². The fourth-order valence-corrected chi connectivity index (χ4v) is 2.39. The third kappa shape index (κ3) is 2.93. The van der Waals surface area contributed by atoms with Crippen LogP contribution in [0.25, 0.3) is 11.5 Å². The maximum absolute atomic E-state index is 9.59. The lowest BCUT2D eigenvalue weighted by molar-refractivity contribution is 0.0810. The van der Waals surface area contributed by atoms with Gasteiger partial charge < -0.3 is 24.4 Å². The number of rotatable bonds is 4. The minimum atomic E-state index is -0.885. The molecular weight excluding hydrogens is 298 g/mol. The summed E-state index contributed by atoms with van der Waals surface area (Å²) in [5, 5.41) is 18.8. The van der Waals surface area contributed by atoms with E-state index in [1.165, 1.54) is 6.33 Å². The summed E-state index contributed by atoms with van der Waals surface area (Å²) < 4.78 is 6.95. The van der Waals surface area contributed by atoms with Crippen molar-refractivity contribution in [2.24, 2.45) is 0 Å². The highest BCUT2D eigenvalue weighted by atomic mass is 35.5. The molecule has 3 aliphatic heterocycles. The average Bonchev–Trinajstić information content (AvgIpc) is 2.97. The molecule has 0 aromatic rings. The SMILES string of the molecule is OC[C@H](O)Cn1cnc(Cl)c2nc(N3CCOCC3)nc1-2. The van der Waals surface area contributed by atoms with E-state index in [-0.39, 0.29) is 18.3 Å². The minimum Gasteiger partial charge on any atom is -0.394 e. The second-order valence-electron chi connectivity index (χ2n) is 4.82. The Morgan fingerprint density at radius 3 is 2.81 bits per heavy atom. The van der Waals surface area contributed by atoms with Gasteiger partial charge in [0.15, 0.2) is 11.0 Å². The molecule has 3 aliphatic rings. The highest BCUT2D eigenvalue weighted by molar-refractivity contribution is 6.31. The molecule has 114 valence electrons. The molecule has 0 spiro atoms. The van der Waals surface area contributed by atoms with Crippen molar-refractivity contribution >= 4 is 17.5 Å². The highest BCUT2D eigenvalue weighted by Gasteiger charge is 2.24. The number of anilines is 1. The molecule has 2 N–H and O–H groups in total. The Bertz CT molecular complexity index is 587. The number of hydrogen-bond acceptors (Lipinski definition) is 7. The standard InChI is InChI=1S/C12H16ClN5O3/c13-10-9-11(18(7-14-10)5-8(20)6-19)16-12(15-9)17-1-3-21-4-2-17/h7-8,19-20H,1-6H2/t8-/m1/s1. The number of ether oxygens (including phenoxy) is 1. The summed E-state index contributed by atoms with van der Waals surface area (Å²) in [4.78, 5) is 15.0. The minimum absolute atomic E-state index is 0.179. The van der Waals surface area contributed by atoms with E-state index >= 15 is 0 Å². The Labute approximate surface area is 126 Å². The van der Waals surface area contributed by atoms with Crippen LogP contribution in [0.1, 0.15) is 0 Å². The topological polar surface area (TPSA) is 96.5 Å². The fraction of sp³-hybridized carbons (Fsp3) is 0.583. The predicted molar refractivity (Wildman–Crippen MR) is 75.6 cm³/mol. The van der Waals surface area contributed by atoms with Gasteiger partial charge in [0, 0.05) is 13.1 Å². The van der Waals surface area contributed by atoms with Crippen molar-refractivity contribution in [2.45, 2.75) is 12.6 Å². The quantitative estimate of drug-likeness (QED) is 0.743. The highest BCUT2D eigenvalue weighted by Crippen LogP contribution is 2.28. The Morgan fingerprint density at radius 1 is 1.33 bits per heavy atom. The summed E-state index contributed by atoms with van der Waals surface area (Å²) in [6.45, 7) is 2.57. The van der Waals surface area contributed by atoms with E-state index in [9.17, 15) is 5.11 Å². The number of fused-ring (bicyclic) bond motifs is 1. The molecular formula is C12H16ClN5O3. The molecule has 1 saturated heterocycles. The van der Waals surface area contributed by atoms with Gasteiger partial charge in [-0.25, -0.2) is 9.97 Å². The lowest BCUT2D eigenvalue weighted by Crippen LogP contribution is -2.36. The van der Waals surface area contributed by atoms with Crippen molar-refractivity contribution in [2.75, 3.05) is 37.8 Å². The van der Waals surface area contributed by atoms with Crippen LogP contribution in [0.2, 0.25) is 5.15 Å². The molecule has 0 saturated carbocycles. The van der Waals surface area contributed by atoms with E-state index in [1.54, 1.807) is 4.57 Å². The largest absolute Gasteiger partial charge is 0.394 e. The molecule has 0 aromatic heterocycles. The molecule has 3 heterocycles. The van der Waals surface area contributed by atoms with Gasteiger partial charge in [-0.3, -0.25) is 0 Å². The van der Waals surface area contributed by atoms with Gasteiger partial charge >= 0.3 is 0 Å². The van der Waals surface area contributed by atoms with Crippen molar-refractivity contribution in [3.8, 4) is 11.5 Å². The number of hydrogen-bond donors (Lipinski definition) is 2. The van der Waals surface area contributed by atoms with Gasteiger partial charge in [-0.1, -0.05) is 11.6 Å². The van der Waals surface area contributed by atoms with Crippen LogP contribution in [0.5, 0.6) is 0 Å². The summed E-state index contributed by atoms with van der Waals surface area (Å²) in [6, 6.07) is 0. The normalized spacial score (nSPS) is 17.4. The molecule has 1 atom stereocenters. The molecule has 21 heavy (non-hydrogen) atoms. The molecule has 8 nitrogen and oxygen atoms in total. The third-order valence-corrected chi connectivity index (χ3v) is 3.60. The molecule has 9 heteroatoms. The summed E-state index contributed by atoms with van der Waals surface area (Å²) in [6.07, 6.45) is 0.603. The zero-order chi connectivity index (χ0) is 14.8. The second-order valence-corrected chi connectivity index (χ2v) is 5.18. The Kier molecular flexibility index (Phi) is 4.20. The molecule has 0 unspecified atom stereocenters. The number of imidazole rings is 1. The smallest absolute Gasteiger partial charge is 0.228 e. The first-order valence-electron chi connectivity index (χ1n) is 6.69. The number of nitrogens with zero attached hydrogens (tertiary/aromatic N) is 5. The number of aliphatic hydroxyl groups excluding tert-OH is 2. The first kappa shape index (κ1) is 14.5. The van der Waals surface area contributed by atoms with Gasteiger partial charge in [-0.05, 0) is 0 Å². The van der Waals surface area contributed by atoms with E-state index in [0.29, 0.717) is 30.7 Å². The van der Waals surface area contributed by atoms with Crippen molar-refractivity contribution in [3.63, 3.8) is 0 Å².